The van der Waals surface area contributed by atoms with E-state index in [-0.39, 0.29) is 41.3 Å². The molecule has 0 bridgehead atoms. The summed E-state index contributed by atoms with van der Waals surface area (Å²) in [6.07, 6.45) is -4.14. The topological polar surface area (TPSA) is 192 Å². The third-order valence-electron chi connectivity index (χ3n) is 13.7. The van der Waals surface area contributed by atoms with Gasteiger partial charge in [0.2, 0.25) is 0 Å². The molecule has 0 aromatic heterocycles. The molecule has 0 unspecified atom stereocenters. The van der Waals surface area contributed by atoms with Gasteiger partial charge < -0.3 is 47.4 Å². The van der Waals surface area contributed by atoms with Gasteiger partial charge >= 0.3 is 12.2 Å². The van der Waals surface area contributed by atoms with Gasteiger partial charge in [0, 0.05) is 39.8 Å². The molecule has 0 spiro atoms. The summed E-state index contributed by atoms with van der Waals surface area (Å²) in [4.78, 5) is 37.8. The van der Waals surface area contributed by atoms with Crippen LogP contribution in [0.1, 0.15) is 94.2 Å². The van der Waals surface area contributed by atoms with Gasteiger partial charge in [0.05, 0.1) is 17.6 Å². The quantitative estimate of drug-likeness (QED) is 0.220. The Kier molecular flexibility index (Phi) is 17.8. The maximum Gasteiger partial charge on any atom is 0.416 e. The fourth-order valence-corrected chi connectivity index (χ4v) is 14.0. The zero-order valence-electron chi connectivity index (χ0n) is 45.5. The van der Waals surface area contributed by atoms with Crippen LogP contribution in [0, 0.1) is 0 Å². The number of sulfone groups is 1. The third kappa shape index (κ3) is 13.3. The molecule has 12 atom stereocenters. The zero-order chi connectivity index (χ0) is 54.4. The molecule has 0 saturated carbocycles. The maximum absolute atomic E-state index is 13.3. The Morgan fingerprint density at radius 1 is 0.635 bits per heavy atom. The summed E-state index contributed by atoms with van der Waals surface area (Å²) in [5.74, 6) is -0.841. The fourth-order valence-electron chi connectivity index (χ4n) is 9.04. The minimum atomic E-state index is -3.57. The highest BCUT2D eigenvalue weighted by Gasteiger charge is 2.63. The van der Waals surface area contributed by atoms with Crippen molar-refractivity contribution in [2.75, 3.05) is 39.8 Å². The molecule has 6 heterocycles. The Morgan fingerprint density at radius 3 is 1.46 bits per heavy atom. The Morgan fingerprint density at radius 2 is 1.04 bits per heavy atom. The van der Waals surface area contributed by atoms with Gasteiger partial charge in [0.1, 0.15) is 75.9 Å². The minimum Gasteiger partial charge on any atom is -0.443 e. The molecule has 2 amide bonds. The summed E-state index contributed by atoms with van der Waals surface area (Å²) < 4.78 is 88.3. The van der Waals surface area contributed by atoms with Gasteiger partial charge in [-0.15, -0.1) is 0 Å². The summed E-state index contributed by atoms with van der Waals surface area (Å²) in [5.41, 5.74) is -1.81. The second kappa shape index (κ2) is 22.4. The SMILES string of the molecule is CO[C@@]1(C)O[C@@H]2[C@H]3N=C(N(C)C(=O)OC(C)(C)C)S[C@H]3O[C@H](CS(=O)(=O)Cc3ccccc3)[C@H]2OC1(C)C.CO[C@@]1(C)O[C@@H]2[C@H]3N=C(N(C)C(=O)OC(C)(C)C)S[C@H]3O[C@H](CSCc3ccccc3)[C@H]2OC1(C)C. The molecule has 18 nitrogen and oxygen atoms in total. The molecular formula is C52H76N4O14S4. The first-order chi connectivity index (χ1) is 34.4. The van der Waals surface area contributed by atoms with Crippen LogP contribution in [0.4, 0.5) is 9.59 Å². The molecular weight excluding hydrogens is 1030 g/mol. The molecule has 74 heavy (non-hydrogen) atoms. The average molecular weight is 1110 g/mol. The van der Waals surface area contributed by atoms with E-state index in [1.165, 1.54) is 38.9 Å². The molecule has 0 aliphatic carbocycles. The molecule has 6 aliphatic heterocycles. The van der Waals surface area contributed by atoms with Crippen molar-refractivity contribution in [1.82, 2.24) is 9.80 Å². The first kappa shape index (κ1) is 58.7. The fraction of sp³-hybridized carbons (Fsp3) is 0.692. The van der Waals surface area contributed by atoms with Crippen molar-refractivity contribution in [3.63, 3.8) is 0 Å². The first-order valence-electron chi connectivity index (χ1n) is 24.8. The second-order valence-corrected chi connectivity index (χ2v) is 27.7. The van der Waals surface area contributed by atoms with Gasteiger partial charge in [-0.2, -0.15) is 11.8 Å². The summed E-state index contributed by atoms with van der Waals surface area (Å²) in [5, 5.41) is 0.941. The highest BCUT2D eigenvalue weighted by Crippen LogP contribution is 2.50. The molecule has 412 valence electrons. The lowest BCUT2D eigenvalue weighted by Gasteiger charge is -2.56. The normalized spacial score (nSPS) is 33.0. The van der Waals surface area contributed by atoms with Crippen molar-refractivity contribution >= 4 is 67.6 Å². The Balaban J connectivity index is 0.000000217. The summed E-state index contributed by atoms with van der Waals surface area (Å²) in [6, 6.07) is 18.5. The largest absolute Gasteiger partial charge is 0.443 e. The highest BCUT2D eigenvalue weighted by atomic mass is 32.2. The molecule has 2 aromatic rings. The van der Waals surface area contributed by atoms with Crippen LogP contribution >= 0.6 is 35.3 Å². The smallest absolute Gasteiger partial charge is 0.416 e. The molecule has 22 heteroatoms. The van der Waals surface area contributed by atoms with Gasteiger partial charge in [-0.05, 0) is 94.2 Å². The Bertz CT molecular complexity index is 2470. The number of hydrogen-bond acceptors (Lipinski definition) is 19. The molecule has 2 aromatic carbocycles. The van der Waals surface area contributed by atoms with Crippen LogP contribution in [0.3, 0.4) is 0 Å². The number of rotatable bonds is 10. The molecule has 4 saturated heterocycles. The number of methoxy groups -OCH3 is 2. The van der Waals surface area contributed by atoms with Crippen molar-refractivity contribution in [1.29, 1.82) is 0 Å². The molecule has 8 rings (SSSR count). The van der Waals surface area contributed by atoms with Crippen molar-refractivity contribution in [2.45, 2.75) is 188 Å². The van der Waals surface area contributed by atoms with Crippen LogP contribution in [0.25, 0.3) is 0 Å². The predicted octanol–water partition coefficient (Wildman–Crippen LogP) is 8.50. The number of hydrogen-bond donors (Lipinski definition) is 0. The van der Waals surface area contributed by atoms with Gasteiger partial charge in [0.25, 0.3) is 0 Å². The summed E-state index contributed by atoms with van der Waals surface area (Å²) >= 11 is 4.46. The standard InChI is InChI=1S/C26H38N2O8S2.C26H38N2O6S2/c1-24(2,3)36-23(29)28(7)22-27-18-20-19(34-25(4,5)26(6,32-8)35-20)17(33-21(18)37-22)15-38(30,31)14-16-12-10-9-11-13-16;1-24(2,3)34-23(29)28(7)22-27-18-20-19(32-25(4,5)26(6,30-8)33-20)17(31-21(18)36-22)15-35-14-16-12-10-9-11-13-16/h9-13,17-21H,14-15H2,1-8H3;9-13,17-21H,14-15H2,1-8H3/t2*17-,18-,19-,20-,21-,26+/m11/s1. The Hall–Kier alpha value is -3.00. The van der Waals surface area contributed by atoms with E-state index in [1.807, 2.05) is 79.7 Å². The van der Waals surface area contributed by atoms with Crippen LogP contribution in [0.2, 0.25) is 0 Å². The number of ether oxygens (including phenoxy) is 10. The van der Waals surface area contributed by atoms with E-state index in [4.69, 9.17) is 57.4 Å². The number of carbonyl (C=O) groups excluding carboxylic acids is 2. The number of amidine groups is 2. The van der Waals surface area contributed by atoms with Crippen LogP contribution in [0.15, 0.2) is 70.6 Å². The monoisotopic (exact) mass is 1110 g/mol. The van der Waals surface area contributed by atoms with Crippen molar-refractivity contribution in [2.24, 2.45) is 9.98 Å². The molecule has 4 fully saturated rings. The number of aliphatic imine (C=N–C) groups is 2. The van der Waals surface area contributed by atoms with Gasteiger partial charge in [-0.3, -0.25) is 19.8 Å². The van der Waals surface area contributed by atoms with E-state index in [9.17, 15) is 18.0 Å². The number of amides is 2. The van der Waals surface area contributed by atoms with Gasteiger partial charge in [-0.1, -0.05) is 84.2 Å². The third-order valence-corrected chi connectivity index (χ3v) is 18.8. The van der Waals surface area contributed by atoms with Gasteiger partial charge in [-0.25, -0.2) is 18.0 Å². The van der Waals surface area contributed by atoms with E-state index in [0.717, 1.165) is 11.5 Å². The number of carbonyl (C=O) groups is 2. The summed E-state index contributed by atoms with van der Waals surface area (Å²) in [6.45, 7) is 22.2. The van der Waals surface area contributed by atoms with Gasteiger partial charge in [0.15, 0.2) is 31.7 Å². The lowest BCUT2D eigenvalue weighted by molar-refractivity contribution is -0.402. The van der Waals surface area contributed by atoms with Crippen molar-refractivity contribution < 1.29 is 65.4 Å². The Labute approximate surface area is 450 Å². The van der Waals surface area contributed by atoms with Crippen LogP contribution in [-0.2, 0) is 68.7 Å². The van der Waals surface area contributed by atoms with Crippen molar-refractivity contribution in [3.05, 3.63) is 71.8 Å². The van der Waals surface area contributed by atoms with E-state index < -0.39 is 85.8 Å². The molecule has 0 radical (unpaired) electrons. The van der Waals surface area contributed by atoms with Crippen LogP contribution in [0.5, 0.6) is 0 Å². The highest BCUT2D eigenvalue weighted by molar-refractivity contribution is 8.14. The number of benzene rings is 2. The van der Waals surface area contributed by atoms with E-state index >= 15 is 0 Å². The van der Waals surface area contributed by atoms with E-state index in [2.05, 4.69) is 24.3 Å². The maximum atomic E-state index is 13.3. The summed E-state index contributed by atoms with van der Waals surface area (Å²) in [7, 11) is 2.85. The molecule has 0 N–H and O–H groups in total. The predicted molar refractivity (Wildman–Crippen MR) is 288 cm³/mol. The van der Waals surface area contributed by atoms with Crippen molar-refractivity contribution in [3.8, 4) is 0 Å². The lowest BCUT2D eigenvalue weighted by Crippen LogP contribution is -2.70. The average Bonchev–Trinajstić information content (AvgIpc) is 3.94. The number of nitrogens with zero attached hydrogens (tertiary/aromatic N) is 4. The van der Waals surface area contributed by atoms with Crippen LogP contribution < -0.4 is 0 Å². The van der Waals surface area contributed by atoms with Crippen LogP contribution in [-0.4, -0.2) is 174 Å². The first-order valence-corrected chi connectivity index (χ1v) is 29.5. The minimum absolute atomic E-state index is 0.116. The zero-order valence-corrected chi connectivity index (χ0v) is 48.8. The number of thioether (sulfide) groups is 3. The van der Waals surface area contributed by atoms with E-state index in [1.54, 1.807) is 79.9 Å². The molecule has 6 aliphatic rings. The lowest BCUT2D eigenvalue weighted by atomic mass is 9.90. The second-order valence-electron chi connectivity index (χ2n) is 22.4. The number of fused-ring (bicyclic) bond motifs is 6. The van der Waals surface area contributed by atoms with E-state index in [0.29, 0.717) is 15.9 Å².